The minimum Gasteiger partial charge on any atom is -0.321 e. The number of H-pyrrole nitrogens is 1. The zero-order valence-corrected chi connectivity index (χ0v) is 9.60. The van der Waals surface area contributed by atoms with Crippen LogP contribution in [-0.4, -0.2) is 27.2 Å². The van der Waals surface area contributed by atoms with Crippen LogP contribution in [0, 0.1) is 0 Å². The number of aromatic amines is 1. The molecule has 0 unspecified atom stereocenters. The van der Waals surface area contributed by atoms with E-state index in [4.69, 9.17) is 5.73 Å². The van der Waals surface area contributed by atoms with Crippen molar-refractivity contribution < 1.29 is 0 Å². The van der Waals surface area contributed by atoms with Crippen molar-refractivity contribution in [3.8, 4) is 0 Å². The molecular formula is C9H18N4S. The number of nitrogens with one attached hydrogen (secondary N) is 1. The first-order chi connectivity index (χ1) is 6.77. The van der Waals surface area contributed by atoms with Crippen LogP contribution in [0.3, 0.4) is 0 Å². The molecule has 0 aliphatic carbocycles. The maximum absolute atomic E-state index is 5.93. The molecule has 0 aromatic carbocycles. The van der Waals surface area contributed by atoms with Crippen LogP contribution in [0.15, 0.2) is 0 Å². The third-order valence-corrected chi connectivity index (χ3v) is 2.64. The lowest BCUT2D eigenvalue weighted by Gasteiger charge is -2.04. The van der Waals surface area contributed by atoms with E-state index in [9.17, 15) is 0 Å². The second-order valence-electron chi connectivity index (χ2n) is 3.28. The lowest BCUT2D eigenvalue weighted by Crippen LogP contribution is -2.13. The second-order valence-corrected chi connectivity index (χ2v) is 4.26. The van der Waals surface area contributed by atoms with E-state index in [1.165, 1.54) is 0 Å². The van der Waals surface area contributed by atoms with E-state index in [2.05, 4.69) is 28.4 Å². The van der Waals surface area contributed by atoms with Crippen molar-refractivity contribution in [2.24, 2.45) is 5.73 Å². The van der Waals surface area contributed by atoms with Crippen molar-refractivity contribution in [3.63, 3.8) is 0 Å². The van der Waals surface area contributed by atoms with Crippen molar-refractivity contribution in [1.82, 2.24) is 15.2 Å². The summed E-state index contributed by atoms with van der Waals surface area (Å²) in [6, 6.07) is -0.0238. The minimum atomic E-state index is -0.0238. The Balaban J connectivity index is 2.48. The zero-order chi connectivity index (χ0) is 10.4. The fraction of sp³-hybridized carbons (Fsp3) is 0.778. The maximum Gasteiger partial charge on any atom is 0.167 e. The third-order valence-electron chi connectivity index (χ3n) is 2.00. The predicted molar refractivity (Wildman–Crippen MR) is 60.3 cm³/mol. The molecule has 3 N–H and O–H groups in total. The molecule has 1 atom stereocenters. The van der Waals surface area contributed by atoms with E-state index < -0.39 is 0 Å². The largest absolute Gasteiger partial charge is 0.321 e. The monoisotopic (exact) mass is 214 g/mol. The molecule has 1 rings (SSSR count). The lowest BCUT2D eigenvalue weighted by atomic mass is 10.2. The van der Waals surface area contributed by atoms with Crippen LogP contribution in [0.4, 0.5) is 0 Å². The van der Waals surface area contributed by atoms with Gasteiger partial charge >= 0.3 is 0 Å². The van der Waals surface area contributed by atoms with Gasteiger partial charge in [0.2, 0.25) is 0 Å². The highest BCUT2D eigenvalue weighted by atomic mass is 32.2. The quantitative estimate of drug-likeness (QED) is 0.753. The average Bonchev–Trinajstić information content (AvgIpc) is 2.63. The Hall–Kier alpha value is -0.550. The number of rotatable bonds is 6. The SMILES string of the molecule is CCCc1nc([C@H](N)CCSC)n[nH]1. The molecule has 0 amide bonds. The summed E-state index contributed by atoms with van der Waals surface area (Å²) in [5.41, 5.74) is 5.93. The lowest BCUT2D eigenvalue weighted by molar-refractivity contribution is 0.657. The highest BCUT2D eigenvalue weighted by Gasteiger charge is 2.10. The summed E-state index contributed by atoms with van der Waals surface area (Å²) in [7, 11) is 0. The van der Waals surface area contributed by atoms with E-state index in [0.29, 0.717) is 0 Å². The molecule has 0 spiro atoms. The zero-order valence-electron chi connectivity index (χ0n) is 8.79. The van der Waals surface area contributed by atoms with E-state index in [-0.39, 0.29) is 6.04 Å². The molecule has 4 nitrogen and oxygen atoms in total. The Kier molecular flexibility index (Phi) is 4.97. The number of thioether (sulfide) groups is 1. The second kappa shape index (κ2) is 6.03. The van der Waals surface area contributed by atoms with Gasteiger partial charge in [0.05, 0.1) is 6.04 Å². The van der Waals surface area contributed by atoms with Gasteiger partial charge in [-0.05, 0) is 24.9 Å². The molecule has 1 aromatic heterocycles. The van der Waals surface area contributed by atoms with Crippen LogP contribution in [0.2, 0.25) is 0 Å². The van der Waals surface area contributed by atoms with E-state index in [1.54, 1.807) is 11.8 Å². The van der Waals surface area contributed by atoms with Crippen LogP contribution in [0.5, 0.6) is 0 Å². The molecule has 1 aromatic rings. The molecule has 0 saturated heterocycles. The van der Waals surface area contributed by atoms with Crippen LogP contribution in [0.25, 0.3) is 0 Å². The van der Waals surface area contributed by atoms with Gasteiger partial charge in [0.1, 0.15) is 5.82 Å². The van der Waals surface area contributed by atoms with Crippen molar-refractivity contribution in [1.29, 1.82) is 0 Å². The summed E-state index contributed by atoms with van der Waals surface area (Å²) >= 11 is 1.80. The van der Waals surface area contributed by atoms with Crippen LogP contribution in [0.1, 0.15) is 37.5 Å². The molecule has 80 valence electrons. The Morgan fingerprint density at radius 1 is 1.57 bits per heavy atom. The first-order valence-corrected chi connectivity index (χ1v) is 6.33. The Morgan fingerprint density at radius 2 is 2.36 bits per heavy atom. The smallest absolute Gasteiger partial charge is 0.167 e. The maximum atomic E-state index is 5.93. The summed E-state index contributed by atoms with van der Waals surface area (Å²) in [6.45, 7) is 2.12. The average molecular weight is 214 g/mol. The van der Waals surface area contributed by atoms with E-state index in [1.807, 2.05) is 0 Å². The summed E-state index contributed by atoms with van der Waals surface area (Å²) in [5, 5.41) is 7.03. The molecule has 14 heavy (non-hydrogen) atoms. The first kappa shape index (κ1) is 11.5. The molecule has 5 heteroatoms. The number of nitrogens with zero attached hydrogens (tertiary/aromatic N) is 2. The van der Waals surface area contributed by atoms with E-state index in [0.717, 1.165) is 36.7 Å². The molecule has 0 bridgehead atoms. The van der Waals surface area contributed by atoms with Gasteiger partial charge in [-0.15, -0.1) is 0 Å². The Morgan fingerprint density at radius 3 is 3.00 bits per heavy atom. The topological polar surface area (TPSA) is 67.6 Å². The van der Waals surface area contributed by atoms with Gasteiger partial charge in [0.15, 0.2) is 5.82 Å². The fourth-order valence-corrected chi connectivity index (χ4v) is 1.69. The molecule has 0 saturated carbocycles. The number of aromatic nitrogens is 3. The van der Waals surface area contributed by atoms with Crippen molar-refractivity contribution >= 4 is 11.8 Å². The van der Waals surface area contributed by atoms with Gasteiger partial charge in [-0.2, -0.15) is 16.9 Å². The fourth-order valence-electron chi connectivity index (χ4n) is 1.20. The highest BCUT2D eigenvalue weighted by molar-refractivity contribution is 7.98. The number of hydrogen-bond donors (Lipinski definition) is 2. The summed E-state index contributed by atoms with van der Waals surface area (Å²) < 4.78 is 0. The molecule has 0 aliphatic rings. The molecular weight excluding hydrogens is 196 g/mol. The normalized spacial score (nSPS) is 13.1. The predicted octanol–water partition coefficient (Wildman–Crippen LogP) is 1.51. The van der Waals surface area contributed by atoms with Crippen LogP contribution >= 0.6 is 11.8 Å². The van der Waals surface area contributed by atoms with Gasteiger partial charge in [0.25, 0.3) is 0 Å². The molecule has 0 fully saturated rings. The van der Waals surface area contributed by atoms with Crippen molar-refractivity contribution in [3.05, 3.63) is 11.6 Å². The Bertz CT molecular complexity index is 261. The highest BCUT2D eigenvalue weighted by Crippen LogP contribution is 2.11. The van der Waals surface area contributed by atoms with Crippen molar-refractivity contribution in [2.45, 2.75) is 32.2 Å². The minimum absolute atomic E-state index is 0.0238. The first-order valence-electron chi connectivity index (χ1n) is 4.93. The number of nitrogens with two attached hydrogens (primary N) is 1. The van der Waals surface area contributed by atoms with Crippen LogP contribution in [-0.2, 0) is 6.42 Å². The van der Waals surface area contributed by atoms with Gasteiger partial charge < -0.3 is 5.73 Å². The third kappa shape index (κ3) is 3.31. The van der Waals surface area contributed by atoms with Gasteiger partial charge in [-0.1, -0.05) is 6.92 Å². The van der Waals surface area contributed by atoms with Crippen molar-refractivity contribution in [2.75, 3.05) is 12.0 Å². The van der Waals surface area contributed by atoms with Crippen LogP contribution < -0.4 is 5.73 Å². The summed E-state index contributed by atoms with van der Waals surface area (Å²) in [6.07, 6.45) is 5.04. The van der Waals surface area contributed by atoms with Gasteiger partial charge in [-0.25, -0.2) is 4.98 Å². The molecule has 0 radical (unpaired) electrons. The Labute approximate surface area is 89.1 Å². The molecule has 1 heterocycles. The van der Waals surface area contributed by atoms with E-state index >= 15 is 0 Å². The standard InChI is InChI=1S/C9H18N4S/c1-3-4-8-11-9(13-12-8)7(10)5-6-14-2/h7H,3-6,10H2,1-2H3,(H,11,12,13)/t7-/m1/s1. The van der Waals surface area contributed by atoms with Gasteiger partial charge in [-0.3, -0.25) is 5.10 Å². The molecule has 0 aliphatic heterocycles. The number of hydrogen-bond acceptors (Lipinski definition) is 4. The summed E-state index contributed by atoms with van der Waals surface area (Å²) in [4.78, 5) is 4.35. The summed E-state index contributed by atoms with van der Waals surface area (Å²) in [5.74, 6) is 2.75. The van der Waals surface area contributed by atoms with Gasteiger partial charge in [0, 0.05) is 6.42 Å². The number of aryl methyl sites for hydroxylation is 1.